The third-order valence-corrected chi connectivity index (χ3v) is 18.1. The van der Waals surface area contributed by atoms with Gasteiger partial charge in [0, 0.05) is 85.1 Å². The summed E-state index contributed by atoms with van der Waals surface area (Å²) in [5, 5.41) is 11.0. The first-order valence-corrected chi connectivity index (χ1v) is 33.2. The van der Waals surface area contributed by atoms with E-state index in [1.165, 1.54) is 56.4 Å². The standard InChI is InChI=1S/C25H30ClN7O3S2.C22H24Cl2N6O3S2.C4H8/c1-38(35,36)29-19-7-6-17(26)13-18(19)25(34)32-10-3-2-5-21(32)20-14-23-27-22(30-8-4-9-30)15-24(33(23)28-20)31-11-12-37-16-31;1-35(32,33)27-16-6-5-14(23)10-15(16)22(31)29-7-3-2-4-18(29)17-11-20-25-19(24)12-21(30(20)26-17)28-8-9-34-13-28;1-2-4-3-1/h6-7,13-15,21,29H,2-5,8-12,16H2,1H3;5-6,10-12,18,27H,2-4,7-9,13H2,1H3;1-4H2/t21-;18-;/m00./s1. The van der Waals surface area contributed by atoms with Crippen LogP contribution in [-0.2, 0) is 20.0 Å². The largest absolute Gasteiger partial charge is 0.356 e. The third-order valence-electron chi connectivity index (χ3n) is 14.4. The summed E-state index contributed by atoms with van der Waals surface area (Å²) in [4.78, 5) is 47.4. The van der Waals surface area contributed by atoms with Crippen molar-refractivity contribution >= 4 is 130 Å². The van der Waals surface area contributed by atoms with E-state index in [0.29, 0.717) is 33.9 Å². The summed E-state index contributed by atoms with van der Waals surface area (Å²) in [6, 6.07) is 16.5. The van der Waals surface area contributed by atoms with Crippen molar-refractivity contribution in [3.63, 3.8) is 0 Å². The van der Waals surface area contributed by atoms with Gasteiger partial charge in [-0.1, -0.05) is 60.5 Å². The van der Waals surface area contributed by atoms with Crippen molar-refractivity contribution in [2.24, 2.45) is 0 Å². The molecule has 6 aromatic rings. The highest BCUT2D eigenvalue weighted by Gasteiger charge is 2.35. The van der Waals surface area contributed by atoms with Gasteiger partial charge < -0.3 is 24.5 Å². The fourth-order valence-electron chi connectivity index (χ4n) is 10.1. The van der Waals surface area contributed by atoms with Gasteiger partial charge in [-0.15, -0.1) is 23.5 Å². The first-order chi connectivity index (χ1) is 37.0. The number of fused-ring (bicyclic) bond motifs is 2. The van der Waals surface area contributed by atoms with E-state index in [1.807, 2.05) is 46.2 Å². The number of hydrogen-bond acceptors (Lipinski definition) is 15. The first kappa shape index (κ1) is 55.4. The molecule has 4 aromatic heterocycles. The average molecular weight is 1190 g/mol. The van der Waals surface area contributed by atoms with Crippen molar-refractivity contribution in [3.05, 3.63) is 98.4 Å². The molecular formula is C51H62Cl3N13O6S4. The number of halogens is 3. The van der Waals surface area contributed by atoms with Gasteiger partial charge in [-0.05, 0) is 81.3 Å². The minimum Gasteiger partial charge on any atom is -0.356 e. The van der Waals surface area contributed by atoms with Crippen molar-refractivity contribution < 1.29 is 26.4 Å². The van der Waals surface area contributed by atoms with Crippen LogP contribution in [0.4, 0.5) is 28.8 Å². The third kappa shape index (κ3) is 13.1. The number of benzene rings is 2. The molecule has 1 saturated carbocycles. The van der Waals surface area contributed by atoms with Crippen molar-refractivity contribution in [2.45, 2.75) is 82.7 Å². The molecule has 5 aliphatic heterocycles. The summed E-state index contributed by atoms with van der Waals surface area (Å²) in [6.45, 7) is 4.93. The van der Waals surface area contributed by atoms with E-state index < -0.39 is 20.0 Å². The Morgan fingerprint density at radius 1 is 0.545 bits per heavy atom. The molecule has 12 rings (SSSR count). The molecule has 77 heavy (non-hydrogen) atoms. The number of nitrogens with one attached hydrogen (secondary N) is 2. The lowest BCUT2D eigenvalue weighted by atomic mass is 9.98. The molecule has 6 aliphatic rings. The summed E-state index contributed by atoms with van der Waals surface area (Å²) in [5.41, 5.74) is 3.76. The maximum Gasteiger partial charge on any atom is 0.256 e. The van der Waals surface area contributed by atoms with Crippen LogP contribution in [0.2, 0.25) is 15.2 Å². The highest BCUT2D eigenvalue weighted by atomic mass is 35.5. The molecule has 0 bridgehead atoms. The second-order valence-corrected chi connectivity index (χ2v) is 27.0. The van der Waals surface area contributed by atoms with Gasteiger partial charge in [0.1, 0.15) is 22.6 Å². The molecule has 9 heterocycles. The maximum absolute atomic E-state index is 13.9. The van der Waals surface area contributed by atoms with Crippen LogP contribution in [0.1, 0.15) is 115 Å². The Labute approximate surface area is 472 Å². The Bertz CT molecular complexity index is 3380. The molecule has 0 spiro atoms. The zero-order valence-corrected chi connectivity index (χ0v) is 48.4. The van der Waals surface area contributed by atoms with Gasteiger partial charge in [0.25, 0.3) is 11.8 Å². The number of amides is 2. The van der Waals surface area contributed by atoms with E-state index in [9.17, 15) is 26.4 Å². The Hall–Kier alpha value is -4.91. The predicted octanol–water partition coefficient (Wildman–Crippen LogP) is 9.69. The van der Waals surface area contributed by atoms with Gasteiger partial charge in [-0.25, -0.2) is 26.8 Å². The number of sulfonamides is 2. The van der Waals surface area contributed by atoms with Crippen LogP contribution >= 0.6 is 58.3 Å². The Balaban J connectivity index is 0.000000163. The number of thioether (sulfide) groups is 2. The molecule has 5 saturated heterocycles. The number of carbonyl (C=O) groups excluding carboxylic acids is 2. The highest BCUT2D eigenvalue weighted by molar-refractivity contribution is 7.99. The zero-order valence-electron chi connectivity index (χ0n) is 42.9. The Morgan fingerprint density at radius 2 is 1.01 bits per heavy atom. The lowest BCUT2D eigenvalue weighted by molar-refractivity contribution is 0.0600. The van der Waals surface area contributed by atoms with Gasteiger partial charge in [0.05, 0.1) is 70.2 Å². The molecule has 2 N–H and O–H groups in total. The molecule has 1 aliphatic carbocycles. The van der Waals surface area contributed by atoms with Crippen molar-refractivity contribution in [1.82, 2.24) is 39.0 Å². The smallest absolute Gasteiger partial charge is 0.256 e. The lowest BCUT2D eigenvalue weighted by Gasteiger charge is -2.35. The number of carbonyl (C=O) groups is 2. The number of rotatable bonds is 11. The number of aromatic nitrogens is 6. The number of piperidine rings is 2. The van der Waals surface area contributed by atoms with Gasteiger partial charge in [0.15, 0.2) is 11.3 Å². The number of hydrogen-bond donors (Lipinski definition) is 2. The van der Waals surface area contributed by atoms with E-state index in [-0.39, 0.29) is 46.4 Å². The molecule has 0 radical (unpaired) electrons. The zero-order chi connectivity index (χ0) is 54.0. The summed E-state index contributed by atoms with van der Waals surface area (Å²) in [5.74, 6) is 6.16. The SMILES string of the molecule is C1CCC1.CS(=O)(=O)Nc1ccc(Cl)cc1C(=O)N1CCCC[C@H]1c1cc2nc(Cl)cc(N3CCSC3)n2n1.CS(=O)(=O)Nc1ccc(Cl)cc1C(=O)N1CCCC[C@H]1c1cc2nc(N3CCC3)cc(N3CCSC3)n2n1. The molecule has 2 aromatic carbocycles. The van der Waals surface area contributed by atoms with Crippen molar-refractivity contribution in [3.8, 4) is 0 Å². The summed E-state index contributed by atoms with van der Waals surface area (Å²) >= 11 is 22.5. The van der Waals surface area contributed by atoms with Crippen LogP contribution < -0.4 is 24.1 Å². The molecular weight excluding hydrogens is 1130 g/mol. The molecule has 26 heteroatoms. The summed E-state index contributed by atoms with van der Waals surface area (Å²) < 4.78 is 56.3. The monoisotopic (exact) mass is 1190 g/mol. The number of nitrogens with zero attached hydrogens (tertiary/aromatic N) is 11. The van der Waals surface area contributed by atoms with Gasteiger partial charge >= 0.3 is 0 Å². The van der Waals surface area contributed by atoms with E-state index in [1.54, 1.807) is 26.4 Å². The number of likely N-dealkylation sites (tertiary alicyclic amines) is 2. The fourth-order valence-corrected chi connectivity index (χ4v) is 13.7. The van der Waals surface area contributed by atoms with E-state index in [4.69, 9.17) is 50.0 Å². The van der Waals surface area contributed by atoms with E-state index >= 15 is 0 Å². The quantitative estimate of drug-likeness (QED) is 0.116. The van der Waals surface area contributed by atoms with Crippen molar-refractivity contribution in [2.75, 3.05) is 99.2 Å². The van der Waals surface area contributed by atoms with Crippen LogP contribution in [0.15, 0.2) is 60.7 Å². The first-order valence-electron chi connectivity index (χ1n) is 26.0. The molecule has 412 valence electrons. The van der Waals surface area contributed by atoms with Crippen LogP contribution in [0.5, 0.6) is 0 Å². The molecule has 2 amide bonds. The minimum absolute atomic E-state index is 0.198. The fraction of sp³-hybridized carbons (Fsp3) is 0.490. The van der Waals surface area contributed by atoms with Gasteiger partial charge in [-0.2, -0.15) is 19.2 Å². The van der Waals surface area contributed by atoms with E-state index in [0.717, 1.165) is 135 Å². The molecule has 2 atom stereocenters. The van der Waals surface area contributed by atoms with E-state index in [2.05, 4.69) is 35.2 Å². The topological polar surface area (TPSA) is 203 Å². The van der Waals surface area contributed by atoms with Gasteiger partial charge in [0.2, 0.25) is 20.0 Å². The van der Waals surface area contributed by atoms with Crippen LogP contribution in [0, 0.1) is 0 Å². The highest BCUT2D eigenvalue weighted by Crippen LogP contribution is 2.38. The molecule has 19 nitrogen and oxygen atoms in total. The molecule has 6 fully saturated rings. The van der Waals surface area contributed by atoms with Gasteiger partial charge in [-0.3, -0.25) is 19.0 Å². The Kier molecular flexibility index (Phi) is 17.1. The number of anilines is 5. The Morgan fingerprint density at radius 3 is 1.43 bits per heavy atom. The summed E-state index contributed by atoms with van der Waals surface area (Å²) in [6.07, 6.45) is 14.4. The second kappa shape index (κ2) is 23.8. The van der Waals surface area contributed by atoms with Crippen LogP contribution in [-0.4, -0.2) is 143 Å². The normalized spacial score (nSPS) is 19.8. The minimum atomic E-state index is -3.58. The van der Waals surface area contributed by atoms with Crippen molar-refractivity contribution in [1.29, 1.82) is 0 Å². The lowest BCUT2D eigenvalue weighted by Crippen LogP contribution is -2.39. The average Bonchev–Trinajstić information content (AvgIpc) is 4.30. The van der Waals surface area contributed by atoms with Crippen LogP contribution in [0.3, 0.4) is 0 Å². The summed E-state index contributed by atoms with van der Waals surface area (Å²) in [7, 11) is -7.16. The van der Waals surface area contributed by atoms with Crippen LogP contribution in [0.25, 0.3) is 11.3 Å². The predicted molar refractivity (Wildman–Crippen MR) is 311 cm³/mol. The maximum atomic E-state index is 13.9. The second-order valence-electron chi connectivity index (χ2n) is 20.1. The molecule has 0 unspecified atom stereocenters.